The minimum absolute atomic E-state index is 0.0558. The van der Waals surface area contributed by atoms with Crippen LogP contribution < -0.4 is 5.32 Å². The number of hydrogen-bond donors (Lipinski definition) is 1. The van der Waals surface area contributed by atoms with E-state index in [0.29, 0.717) is 5.56 Å². The maximum Gasteiger partial charge on any atom is 0.284 e. The fourth-order valence-corrected chi connectivity index (χ4v) is 2.50. The molecule has 1 N–H and O–H groups in total. The molecule has 1 rings (SSSR count). The van der Waals surface area contributed by atoms with Gasteiger partial charge < -0.3 is 5.32 Å². The highest BCUT2D eigenvalue weighted by molar-refractivity contribution is 9.10. The summed E-state index contributed by atoms with van der Waals surface area (Å²) in [7, 11) is 0. The van der Waals surface area contributed by atoms with Gasteiger partial charge in [0.1, 0.15) is 4.47 Å². The summed E-state index contributed by atoms with van der Waals surface area (Å²) in [6.45, 7) is 4.07. The van der Waals surface area contributed by atoms with E-state index >= 15 is 0 Å². The first kappa shape index (κ1) is 16.6. The quantitative estimate of drug-likeness (QED) is 0.461. The molecule has 0 radical (unpaired) electrons. The fraction of sp³-hybridized carbons (Fsp3) is 0.500. The number of carbonyl (C=O) groups excluding carboxylic acids is 1. The van der Waals surface area contributed by atoms with Gasteiger partial charge in [-0.1, -0.05) is 32.3 Å². The lowest BCUT2D eigenvalue weighted by Gasteiger charge is -2.14. The van der Waals surface area contributed by atoms with Crippen LogP contribution in [0.2, 0.25) is 0 Å². The lowest BCUT2D eigenvalue weighted by atomic mass is 10.1. The third kappa shape index (κ3) is 4.59. The molecule has 5 nitrogen and oxygen atoms in total. The predicted molar refractivity (Wildman–Crippen MR) is 81.9 cm³/mol. The van der Waals surface area contributed by atoms with Crippen molar-refractivity contribution in [2.75, 3.05) is 0 Å². The summed E-state index contributed by atoms with van der Waals surface area (Å²) in [5, 5.41) is 13.7. The summed E-state index contributed by atoms with van der Waals surface area (Å²) in [4.78, 5) is 22.4. The molecule has 1 aromatic rings. The third-order valence-corrected chi connectivity index (χ3v) is 3.87. The number of nitrogens with zero attached hydrogens (tertiary/aromatic N) is 1. The van der Waals surface area contributed by atoms with E-state index in [1.165, 1.54) is 12.1 Å². The number of carbonyl (C=O) groups is 1. The predicted octanol–water partition coefficient (Wildman–Crippen LogP) is 4.06. The van der Waals surface area contributed by atoms with Crippen molar-refractivity contribution in [3.63, 3.8) is 0 Å². The van der Waals surface area contributed by atoms with Crippen LogP contribution in [0.3, 0.4) is 0 Å². The number of halogens is 1. The van der Waals surface area contributed by atoms with Crippen LogP contribution in [0.5, 0.6) is 0 Å². The molecule has 0 aliphatic carbocycles. The van der Waals surface area contributed by atoms with E-state index in [0.717, 1.165) is 25.7 Å². The van der Waals surface area contributed by atoms with Crippen molar-refractivity contribution in [1.82, 2.24) is 5.32 Å². The van der Waals surface area contributed by atoms with Crippen molar-refractivity contribution < 1.29 is 9.72 Å². The molecule has 0 saturated carbocycles. The van der Waals surface area contributed by atoms with Crippen molar-refractivity contribution in [2.24, 2.45) is 0 Å². The normalized spacial score (nSPS) is 11.9. The van der Waals surface area contributed by atoms with Gasteiger partial charge in [-0.15, -0.1) is 0 Å². The van der Waals surface area contributed by atoms with Crippen LogP contribution in [0.25, 0.3) is 0 Å². The smallest absolute Gasteiger partial charge is 0.284 e. The summed E-state index contributed by atoms with van der Waals surface area (Å²) < 4.78 is 0.225. The summed E-state index contributed by atoms with van der Waals surface area (Å²) in [5.41, 5.74) is 0.192. The van der Waals surface area contributed by atoms with E-state index in [4.69, 9.17) is 0 Å². The molecule has 0 bridgehead atoms. The number of amides is 1. The molecule has 0 aliphatic rings. The van der Waals surface area contributed by atoms with Crippen LogP contribution >= 0.6 is 15.9 Å². The number of unbranched alkanes of at least 4 members (excludes halogenated alkanes) is 2. The van der Waals surface area contributed by atoms with Gasteiger partial charge >= 0.3 is 0 Å². The molecule has 0 spiro atoms. The second-order valence-electron chi connectivity index (χ2n) is 4.77. The summed E-state index contributed by atoms with van der Waals surface area (Å²) in [5.74, 6) is -0.287. The Morgan fingerprint density at radius 3 is 2.75 bits per heavy atom. The van der Waals surface area contributed by atoms with Crippen molar-refractivity contribution in [1.29, 1.82) is 0 Å². The van der Waals surface area contributed by atoms with Gasteiger partial charge in [0.25, 0.3) is 11.6 Å². The van der Waals surface area contributed by atoms with Crippen LogP contribution in [0.15, 0.2) is 22.7 Å². The molecule has 1 amide bonds. The molecule has 0 fully saturated rings. The second kappa shape index (κ2) is 7.99. The van der Waals surface area contributed by atoms with Gasteiger partial charge in [-0.25, -0.2) is 0 Å². The zero-order chi connectivity index (χ0) is 15.1. The van der Waals surface area contributed by atoms with E-state index in [-0.39, 0.29) is 22.1 Å². The largest absolute Gasteiger partial charge is 0.350 e. The van der Waals surface area contributed by atoms with Crippen molar-refractivity contribution >= 4 is 27.5 Å². The van der Waals surface area contributed by atoms with Crippen LogP contribution in [-0.2, 0) is 0 Å². The molecule has 0 aromatic heterocycles. The average molecular weight is 343 g/mol. The minimum atomic E-state index is -0.508. The Morgan fingerprint density at radius 1 is 1.45 bits per heavy atom. The summed E-state index contributed by atoms with van der Waals surface area (Å²) in [6, 6.07) is 4.51. The van der Waals surface area contributed by atoms with E-state index < -0.39 is 4.92 Å². The summed E-state index contributed by atoms with van der Waals surface area (Å²) >= 11 is 3.13. The highest BCUT2D eigenvalue weighted by Gasteiger charge is 2.20. The maximum absolute atomic E-state index is 12.1. The van der Waals surface area contributed by atoms with E-state index in [1.54, 1.807) is 6.07 Å². The Labute approximate surface area is 127 Å². The fourth-order valence-electron chi connectivity index (χ4n) is 1.91. The van der Waals surface area contributed by atoms with Crippen LogP contribution in [0, 0.1) is 10.1 Å². The van der Waals surface area contributed by atoms with Crippen molar-refractivity contribution in [2.45, 2.75) is 45.6 Å². The Bertz CT molecular complexity index is 491. The molecule has 1 aromatic carbocycles. The summed E-state index contributed by atoms with van der Waals surface area (Å²) in [6.07, 6.45) is 4.25. The molecule has 0 heterocycles. The molecule has 1 unspecified atom stereocenters. The Morgan fingerprint density at radius 2 is 2.15 bits per heavy atom. The highest BCUT2D eigenvalue weighted by atomic mass is 79.9. The van der Waals surface area contributed by atoms with Gasteiger partial charge in [0.2, 0.25) is 0 Å². The SMILES string of the molecule is CCCCCC(C)NC(=O)c1cccc([N+](=O)[O-])c1Br. The molecular formula is C14H19BrN2O3. The van der Waals surface area contributed by atoms with Crippen LogP contribution in [0.1, 0.15) is 49.9 Å². The van der Waals surface area contributed by atoms with E-state index in [9.17, 15) is 14.9 Å². The highest BCUT2D eigenvalue weighted by Crippen LogP contribution is 2.28. The molecule has 0 aliphatic heterocycles. The van der Waals surface area contributed by atoms with Gasteiger partial charge in [0, 0.05) is 12.1 Å². The minimum Gasteiger partial charge on any atom is -0.350 e. The van der Waals surface area contributed by atoms with Crippen molar-refractivity contribution in [3.8, 4) is 0 Å². The number of nitro benzene ring substituents is 1. The average Bonchev–Trinajstić information content (AvgIpc) is 2.38. The number of hydrogen-bond acceptors (Lipinski definition) is 3. The van der Waals surface area contributed by atoms with Crippen LogP contribution in [-0.4, -0.2) is 16.9 Å². The topological polar surface area (TPSA) is 72.2 Å². The first-order valence-electron chi connectivity index (χ1n) is 6.71. The number of nitro groups is 1. The van der Waals surface area contributed by atoms with E-state index in [2.05, 4.69) is 28.2 Å². The van der Waals surface area contributed by atoms with Crippen molar-refractivity contribution in [3.05, 3.63) is 38.3 Å². The first-order valence-corrected chi connectivity index (χ1v) is 7.50. The number of rotatable bonds is 7. The molecular weight excluding hydrogens is 324 g/mol. The van der Waals surface area contributed by atoms with Gasteiger partial charge in [-0.2, -0.15) is 0 Å². The number of benzene rings is 1. The third-order valence-electron chi connectivity index (χ3n) is 3.04. The first-order chi connectivity index (χ1) is 9.47. The Hall–Kier alpha value is -1.43. The molecule has 6 heteroatoms. The zero-order valence-electron chi connectivity index (χ0n) is 11.7. The molecule has 110 valence electrons. The zero-order valence-corrected chi connectivity index (χ0v) is 13.3. The van der Waals surface area contributed by atoms with Gasteiger partial charge in [-0.3, -0.25) is 14.9 Å². The Balaban J connectivity index is 2.73. The van der Waals surface area contributed by atoms with E-state index in [1.807, 2.05) is 6.92 Å². The van der Waals surface area contributed by atoms with Gasteiger partial charge in [-0.05, 0) is 35.3 Å². The van der Waals surface area contributed by atoms with Gasteiger partial charge in [0.05, 0.1) is 10.5 Å². The number of nitrogens with one attached hydrogen (secondary N) is 1. The lowest BCUT2D eigenvalue weighted by molar-refractivity contribution is -0.385. The monoisotopic (exact) mass is 342 g/mol. The molecule has 20 heavy (non-hydrogen) atoms. The molecule has 1 atom stereocenters. The van der Waals surface area contributed by atoms with Crippen LogP contribution in [0.4, 0.5) is 5.69 Å². The standard InChI is InChI=1S/C14H19BrN2O3/c1-3-4-5-7-10(2)16-14(18)11-8-6-9-12(13(11)15)17(19)20/h6,8-10H,3-5,7H2,1-2H3,(H,16,18). The maximum atomic E-state index is 12.1. The Kier molecular flexibility index (Phi) is 6.64. The lowest BCUT2D eigenvalue weighted by Crippen LogP contribution is -2.32. The molecule has 0 saturated heterocycles. The van der Waals surface area contributed by atoms with Gasteiger partial charge in [0.15, 0.2) is 0 Å². The second-order valence-corrected chi connectivity index (χ2v) is 5.56.